The highest BCUT2D eigenvalue weighted by Crippen LogP contribution is 2.27. The molecule has 0 spiro atoms. The van der Waals surface area contributed by atoms with Crippen LogP contribution in [0.4, 0.5) is 0 Å². The molecule has 1 aliphatic heterocycles. The second-order valence-corrected chi connectivity index (χ2v) is 11.2. The highest BCUT2D eigenvalue weighted by molar-refractivity contribution is 7.89. The Kier molecular flexibility index (Phi) is 11.1. The predicted octanol–water partition coefficient (Wildman–Crippen LogP) is 4.99. The molecule has 0 saturated carbocycles. The molecule has 6 nitrogen and oxygen atoms in total. The summed E-state index contributed by atoms with van der Waals surface area (Å²) in [5.41, 5.74) is 10.1. The molecule has 1 heterocycles. The van der Waals surface area contributed by atoms with Gasteiger partial charge in [0.1, 0.15) is 5.75 Å². The van der Waals surface area contributed by atoms with Crippen LogP contribution in [0.2, 0.25) is 0 Å². The Hall–Kier alpha value is -3.00. The number of hydrogen-bond donors (Lipinski definition) is 2. The lowest BCUT2D eigenvalue weighted by molar-refractivity contribution is -0.114. The van der Waals surface area contributed by atoms with Crippen LogP contribution in [0.5, 0.6) is 5.75 Å². The first-order chi connectivity index (χ1) is 18.2. The molecular formula is C31H39NO5S. The van der Waals surface area contributed by atoms with Crippen LogP contribution in [0.15, 0.2) is 94.5 Å². The first kappa shape index (κ1) is 29.6. The Labute approximate surface area is 228 Å². The Morgan fingerprint density at radius 1 is 1.24 bits per heavy atom. The topological polar surface area (TPSA) is 98.9 Å². The van der Waals surface area contributed by atoms with Crippen LogP contribution in [0.1, 0.15) is 45.6 Å². The van der Waals surface area contributed by atoms with E-state index >= 15 is 0 Å². The number of carbonyl (C=O) groups is 1. The van der Waals surface area contributed by atoms with Crippen molar-refractivity contribution in [3.05, 3.63) is 100 Å². The van der Waals surface area contributed by atoms with E-state index in [4.69, 9.17) is 15.2 Å². The van der Waals surface area contributed by atoms with Gasteiger partial charge >= 0.3 is 0 Å². The number of aliphatic hydroxyl groups excluding tert-OH is 1. The zero-order valence-corrected chi connectivity index (χ0v) is 23.3. The highest BCUT2D eigenvalue weighted by atomic mass is 32.2. The molecule has 3 rings (SSSR count). The van der Waals surface area contributed by atoms with E-state index in [0.29, 0.717) is 36.3 Å². The smallest absolute Gasteiger partial charge is 0.244 e. The molecule has 7 heteroatoms. The molecule has 1 fully saturated rings. The maximum absolute atomic E-state index is 13.0. The third-order valence-corrected chi connectivity index (χ3v) is 8.19. The lowest BCUT2D eigenvalue weighted by Gasteiger charge is -2.33. The van der Waals surface area contributed by atoms with Crippen LogP contribution in [0, 0.1) is 0 Å². The van der Waals surface area contributed by atoms with Crippen LogP contribution in [-0.4, -0.2) is 45.9 Å². The summed E-state index contributed by atoms with van der Waals surface area (Å²) in [7, 11) is -1.32. The van der Waals surface area contributed by atoms with Crippen molar-refractivity contribution >= 4 is 16.7 Å². The van der Waals surface area contributed by atoms with E-state index < -0.39 is 22.8 Å². The van der Waals surface area contributed by atoms with Crippen molar-refractivity contribution in [2.45, 2.75) is 64.8 Å². The number of carbonyl (C=O) groups excluding carboxylic acids is 1. The van der Waals surface area contributed by atoms with E-state index in [1.807, 2.05) is 45.1 Å². The normalized spacial score (nSPS) is 23.2. The van der Waals surface area contributed by atoms with Gasteiger partial charge in [0, 0.05) is 23.3 Å². The summed E-state index contributed by atoms with van der Waals surface area (Å²) in [6.07, 6.45) is 11.8. The van der Waals surface area contributed by atoms with Gasteiger partial charge in [0.2, 0.25) is 5.91 Å². The first-order valence-electron chi connectivity index (χ1n) is 13.0. The van der Waals surface area contributed by atoms with Gasteiger partial charge in [-0.1, -0.05) is 49.1 Å². The van der Waals surface area contributed by atoms with Gasteiger partial charge in [-0.05, 0) is 74.1 Å². The van der Waals surface area contributed by atoms with Crippen LogP contribution in [0.3, 0.4) is 0 Å². The van der Waals surface area contributed by atoms with Crippen molar-refractivity contribution in [1.82, 2.24) is 0 Å². The molecule has 0 radical (unpaired) electrons. The Bertz CT molecular complexity index is 1190. The van der Waals surface area contributed by atoms with E-state index in [2.05, 4.69) is 18.7 Å². The van der Waals surface area contributed by atoms with Gasteiger partial charge in [-0.3, -0.25) is 9.00 Å². The van der Waals surface area contributed by atoms with Crippen LogP contribution in [-0.2, 0) is 26.8 Å². The molecule has 1 aliphatic carbocycles. The first-order valence-corrected chi connectivity index (χ1v) is 14.3. The van der Waals surface area contributed by atoms with Crippen LogP contribution >= 0.6 is 0 Å². The SMILES string of the molecule is C=C(Cc1ccc(OCC)cc1)/C(C)=C\C=C(/C)C1CC(O)CC(CS(=O)C2=CCC(C(N)=O)=CC=C2)O1. The number of aliphatic hydroxyl groups is 1. The average Bonchev–Trinajstić information content (AvgIpc) is 3.15. The predicted molar refractivity (Wildman–Crippen MR) is 154 cm³/mol. The maximum Gasteiger partial charge on any atom is 0.244 e. The monoisotopic (exact) mass is 537 g/mol. The number of benzene rings is 1. The second-order valence-electron chi connectivity index (χ2n) is 9.73. The van der Waals surface area contributed by atoms with Crippen LogP contribution < -0.4 is 10.5 Å². The number of primary amides is 1. The fourth-order valence-corrected chi connectivity index (χ4v) is 5.60. The summed E-state index contributed by atoms with van der Waals surface area (Å²) in [4.78, 5) is 12.1. The molecule has 1 saturated heterocycles. The molecule has 1 aromatic carbocycles. The molecule has 4 unspecified atom stereocenters. The number of ether oxygens (including phenoxy) is 2. The molecule has 0 aromatic heterocycles. The van der Waals surface area contributed by atoms with Crippen LogP contribution in [0.25, 0.3) is 0 Å². The van der Waals surface area contributed by atoms with E-state index in [1.165, 1.54) is 5.56 Å². The van der Waals surface area contributed by atoms with E-state index in [1.54, 1.807) is 24.3 Å². The van der Waals surface area contributed by atoms with Crippen molar-refractivity contribution in [3.8, 4) is 5.75 Å². The zero-order chi connectivity index (χ0) is 27.7. The minimum Gasteiger partial charge on any atom is -0.494 e. The van der Waals surface area contributed by atoms with E-state index in [0.717, 1.165) is 28.9 Å². The van der Waals surface area contributed by atoms with E-state index in [9.17, 15) is 14.1 Å². The summed E-state index contributed by atoms with van der Waals surface area (Å²) >= 11 is 0. The molecule has 1 amide bonds. The summed E-state index contributed by atoms with van der Waals surface area (Å²) in [6, 6.07) is 8.06. The zero-order valence-electron chi connectivity index (χ0n) is 22.5. The minimum absolute atomic E-state index is 0.258. The summed E-state index contributed by atoms with van der Waals surface area (Å²) in [5, 5.41) is 10.5. The third kappa shape index (κ3) is 8.79. The largest absolute Gasteiger partial charge is 0.494 e. The number of hydrogen-bond acceptors (Lipinski definition) is 5. The quantitative estimate of drug-likeness (QED) is 0.388. The van der Waals surface area contributed by atoms with Crippen molar-refractivity contribution in [2.24, 2.45) is 5.73 Å². The molecule has 1 aromatic rings. The summed E-state index contributed by atoms with van der Waals surface area (Å²) in [6.45, 7) is 10.9. The number of amides is 1. The Balaban J connectivity index is 1.58. The molecular weight excluding hydrogens is 498 g/mol. The van der Waals surface area contributed by atoms with Gasteiger partial charge in [0.25, 0.3) is 0 Å². The molecule has 38 heavy (non-hydrogen) atoms. The fourth-order valence-electron chi connectivity index (χ4n) is 4.35. The lowest BCUT2D eigenvalue weighted by Crippen LogP contribution is -2.39. The molecule has 3 N–H and O–H groups in total. The molecule has 204 valence electrons. The van der Waals surface area contributed by atoms with Gasteiger partial charge in [-0.2, -0.15) is 0 Å². The standard InChI is InChI=1S/C31H39NO5S/c1-5-36-27-14-11-24(12-15-27)17-23(4)21(2)9-10-22(3)30-19-26(33)18-28(37-30)20-38(35)29-8-6-7-25(13-16-29)31(32)34/h6-12,14-16,26,28,30,33H,4-5,13,17-20H2,1-3H3,(H2,32,34)/b21-9-,22-10+. The third-order valence-electron chi connectivity index (χ3n) is 6.69. The lowest BCUT2D eigenvalue weighted by atomic mass is 9.96. The second kappa shape index (κ2) is 14.2. The average molecular weight is 538 g/mol. The van der Waals surface area contributed by atoms with Crippen molar-refractivity contribution in [1.29, 1.82) is 0 Å². The Morgan fingerprint density at radius 2 is 1.97 bits per heavy atom. The van der Waals surface area contributed by atoms with Gasteiger partial charge in [0.15, 0.2) is 0 Å². The number of nitrogens with two attached hydrogens (primary N) is 1. The molecule has 2 aliphatic rings. The number of allylic oxidation sites excluding steroid dienone is 8. The van der Waals surface area contributed by atoms with Gasteiger partial charge < -0.3 is 20.3 Å². The highest BCUT2D eigenvalue weighted by Gasteiger charge is 2.30. The molecule has 0 bridgehead atoms. The van der Waals surface area contributed by atoms with Crippen molar-refractivity contribution < 1.29 is 23.6 Å². The van der Waals surface area contributed by atoms with Crippen molar-refractivity contribution in [2.75, 3.05) is 12.4 Å². The minimum atomic E-state index is -1.32. The Morgan fingerprint density at radius 3 is 2.66 bits per heavy atom. The van der Waals surface area contributed by atoms with Gasteiger partial charge in [-0.25, -0.2) is 0 Å². The summed E-state index contributed by atoms with van der Waals surface area (Å²) in [5.74, 6) is 0.656. The maximum atomic E-state index is 13.0. The van der Waals surface area contributed by atoms with E-state index in [-0.39, 0.29) is 18.0 Å². The van der Waals surface area contributed by atoms with Gasteiger partial charge in [0.05, 0.1) is 41.5 Å². The summed E-state index contributed by atoms with van der Waals surface area (Å²) < 4.78 is 24.8. The van der Waals surface area contributed by atoms with Crippen molar-refractivity contribution in [3.63, 3.8) is 0 Å². The molecule has 4 atom stereocenters. The fraction of sp³-hybridized carbons (Fsp3) is 0.387. The van der Waals surface area contributed by atoms with Gasteiger partial charge in [-0.15, -0.1) is 0 Å². The number of rotatable bonds is 11.